The number of alkyl halides is 3. The van der Waals surface area contributed by atoms with Gasteiger partial charge in [0.25, 0.3) is 0 Å². The minimum absolute atomic E-state index is 0.371. The molecule has 0 spiro atoms. The Balaban J connectivity index is 1.66. The molecule has 0 atom stereocenters. The third-order valence-corrected chi connectivity index (χ3v) is 4.09. The van der Waals surface area contributed by atoms with Gasteiger partial charge in [-0.05, 0) is 31.5 Å². The van der Waals surface area contributed by atoms with E-state index in [1.54, 1.807) is 0 Å². The molecule has 1 fully saturated rings. The first-order valence-corrected chi connectivity index (χ1v) is 8.58. The molecule has 0 radical (unpaired) electrons. The SMILES string of the molecule is O=C(NCCCCCN1CCOCC1)Nc1cccc(C(F)(F)F)c1F. The maximum absolute atomic E-state index is 13.8. The Kier molecular flexibility index (Phi) is 7.65. The number of urea groups is 1. The van der Waals surface area contributed by atoms with Gasteiger partial charge in [-0.2, -0.15) is 13.2 Å². The molecule has 2 N–H and O–H groups in total. The summed E-state index contributed by atoms with van der Waals surface area (Å²) in [7, 11) is 0. The number of nitrogens with one attached hydrogen (secondary N) is 2. The van der Waals surface area contributed by atoms with E-state index in [4.69, 9.17) is 4.74 Å². The largest absolute Gasteiger partial charge is 0.419 e. The molecule has 0 saturated carbocycles. The highest BCUT2D eigenvalue weighted by atomic mass is 19.4. The van der Waals surface area contributed by atoms with E-state index >= 15 is 0 Å². The number of carbonyl (C=O) groups excluding carboxylic acids is 1. The maximum atomic E-state index is 13.8. The van der Waals surface area contributed by atoms with Crippen LogP contribution in [-0.4, -0.2) is 50.3 Å². The molecule has 146 valence electrons. The van der Waals surface area contributed by atoms with Crippen LogP contribution < -0.4 is 10.6 Å². The zero-order chi connectivity index (χ0) is 19.0. The lowest BCUT2D eigenvalue weighted by Gasteiger charge is -2.26. The zero-order valence-corrected chi connectivity index (χ0v) is 14.4. The summed E-state index contributed by atoms with van der Waals surface area (Å²) in [5.41, 5.74) is -1.90. The second-order valence-corrected chi connectivity index (χ2v) is 6.06. The number of ether oxygens (including phenoxy) is 1. The highest BCUT2D eigenvalue weighted by Crippen LogP contribution is 2.33. The first-order valence-electron chi connectivity index (χ1n) is 8.58. The molecule has 26 heavy (non-hydrogen) atoms. The number of morpholine rings is 1. The summed E-state index contributed by atoms with van der Waals surface area (Å²) in [5, 5.41) is 4.64. The lowest BCUT2D eigenvalue weighted by Crippen LogP contribution is -2.36. The van der Waals surface area contributed by atoms with Crippen molar-refractivity contribution in [1.29, 1.82) is 0 Å². The summed E-state index contributed by atoms with van der Waals surface area (Å²) in [6, 6.07) is 2.04. The minimum Gasteiger partial charge on any atom is -0.379 e. The van der Waals surface area contributed by atoms with Gasteiger partial charge in [-0.25, -0.2) is 9.18 Å². The van der Waals surface area contributed by atoms with E-state index in [2.05, 4.69) is 15.5 Å². The average molecular weight is 377 g/mol. The smallest absolute Gasteiger partial charge is 0.379 e. The third-order valence-electron chi connectivity index (χ3n) is 4.09. The lowest BCUT2D eigenvalue weighted by molar-refractivity contribution is -0.139. The molecular formula is C17H23F4N3O2. The van der Waals surface area contributed by atoms with Crippen molar-refractivity contribution < 1.29 is 27.1 Å². The summed E-state index contributed by atoms with van der Waals surface area (Å²) in [4.78, 5) is 14.0. The van der Waals surface area contributed by atoms with Gasteiger partial charge in [-0.3, -0.25) is 4.90 Å². The fraction of sp³-hybridized carbons (Fsp3) is 0.588. The van der Waals surface area contributed by atoms with E-state index in [0.29, 0.717) is 12.6 Å². The van der Waals surface area contributed by atoms with E-state index in [1.807, 2.05) is 0 Å². The van der Waals surface area contributed by atoms with Crippen LogP contribution in [0.15, 0.2) is 18.2 Å². The molecule has 9 heteroatoms. The number of anilines is 1. The van der Waals surface area contributed by atoms with Gasteiger partial charge in [0.2, 0.25) is 0 Å². The van der Waals surface area contributed by atoms with E-state index in [1.165, 1.54) is 0 Å². The topological polar surface area (TPSA) is 53.6 Å². The van der Waals surface area contributed by atoms with Crippen molar-refractivity contribution in [3.05, 3.63) is 29.6 Å². The quantitative estimate of drug-likeness (QED) is 0.565. The second-order valence-electron chi connectivity index (χ2n) is 6.06. The first-order chi connectivity index (χ1) is 12.4. The van der Waals surface area contributed by atoms with Gasteiger partial charge in [0.15, 0.2) is 5.82 Å². The maximum Gasteiger partial charge on any atom is 0.419 e. The number of hydrogen-bond acceptors (Lipinski definition) is 3. The second kappa shape index (κ2) is 9.72. The van der Waals surface area contributed by atoms with Gasteiger partial charge in [0.1, 0.15) is 0 Å². The minimum atomic E-state index is -4.81. The van der Waals surface area contributed by atoms with Crippen molar-refractivity contribution in [2.45, 2.75) is 25.4 Å². The van der Waals surface area contributed by atoms with Gasteiger partial charge in [-0.1, -0.05) is 12.5 Å². The molecule has 1 saturated heterocycles. The summed E-state index contributed by atoms with van der Waals surface area (Å²) < 4.78 is 57.0. The summed E-state index contributed by atoms with van der Waals surface area (Å²) in [5.74, 6) is -1.49. The zero-order valence-electron chi connectivity index (χ0n) is 14.4. The van der Waals surface area contributed by atoms with Crippen LogP contribution in [0.3, 0.4) is 0 Å². The molecule has 0 unspecified atom stereocenters. The third kappa shape index (κ3) is 6.45. The number of unbranched alkanes of at least 4 members (excludes halogenated alkanes) is 2. The number of nitrogens with zero attached hydrogens (tertiary/aromatic N) is 1. The molecule has 0 aromatic heterocycles. The van der Waals surface area contributed by atoms with Gasteiger partial charge in [0.05, 0.1) is 24.5 Å². The van der Waals surface area contributed by atoms with Crippen LogP contribution in [0.2, 0.25) is 0 Å². The predicted molar refractivity (Wildman–Crippen MR) is 89.5 cm³/mol. The summed E-state index contributed by atoms with van der Waals surface area (Å²) in [6.45, 7) is 4.73. The summed E-state index contributed by atoms with van der Waals surface area (Å²) in [6.07, 6.45) is -2.16. The van der Waals surface area contributed by atoms with Gasteiger partial charge in [-0.15, -0.1) is 0 Å². The van der Waals surface area contributed by atoms with E-state index in [9.17, 15) is 22.4 Å². The molecule has 1 aliphatic heterocycles. The van der Waals surface area contributed by atoms with Crippen LogP contribution in [0.25, 0.3) is 0 Å². The Morgan fingerprint density at radius 1 is 1.15 bits per heavy atom. The van der Waals surface area contributed by atoms with Crippen molar-refractivity contribution in [3.63, 3.8) is 0 Å². The Bertz CT molecular complexity index is 590. The van der Waals surface area contributed by atoms with Crippen molar-refractivity contribution in [2.24, 2.45) is 0 Å². The van der Waals surface area contributed by atoms with Crippen LogP contribution >= 0.6 is 0 Å². The van der Waals surface area contributed by atoms with E-state index < -0.39 is 29.3 Å². The average Bonchev–Trinajstić information content (AvgIpc) is 2.59. The molecule has 0 aliphatic carbocycles. The van der Waals surface area contributed by atoms with Gasteiger partial charge >= 0.3 is 12.2 Å². The van der Waals surface area contributed by atoms with Crippen LogP contribution in [0.1, 0.15) is 24.8 Å². The normalized spacial score (nSPS) is 15.7. The molecule has 1 aliphatic rings. The van der Waals surface area contributed by atoms with E-state index in [-0.39, 0.29) is 0 Å². The monoisotopic (exact) mass is 377 g/mol. The standard InChI is InChI=1S/C17H23F4N3O2/c18-15-13(17(19,20)21)5-4-6-14(15)23-16(25)22-7-2-1-3-8-24-9-11-26-12-10-24/h4-6H,1-3,7-12H2,(H2,22,23,25). The fourth-order valence-electron chi connectivity index (χ4n) is 2.68. The van der Waals surface area contributed by atoms with Crippen LogP contribution in [0.4, 0.5) is 28.0 Å². The Morgan fingerprint density at radius 3 is 2.58 bits per heavy atom. The fourth-order valence-corrected chi connectivity index (χ4v) is 2.68. The van der Waals surface area contributed by atoms with Crippen LogP contribution in [-0.2, 0) is 10.9 Å². The van der Waals surface area contributed by atoms with E-state index in [0.717, 1.165) is 64.2 Å². The molecule has 1 heterocycles. The number of rotatable bonds is 7. The predicted octanol–water partition coefficient (Wildman–Crippen LogP) is 3.47. The molecule has 2 amide bonds. The Labute approximate surface area is 149 Å². The molecule has 0 bridgehead atoms. The van der Waals surface area contributed by atoms with Crippen molar-refractivity contribution >= 4 is 11.7 Å². The van der Waals surface area contributed by atoms with Crippen molar-refractivity contribution in [3.8, 4) is 0 Å². The molecule has 1 aromatic carbocycles. The van der Waals surface area contributed by atoms with Crippen molar-refractivity contribution in [1.82, 2.24) is 10.2 Å². The summed E-state index contributed by atoms with van der Waals surface area (Å²) >= 11 is 0. The molecule has 2 rings (SSSR count). The lowest BCUT2D eigenvalue weighted by atomic mass is 10.2. The molecular weight excluding hydrogens is 354 g/mol. The van der Waals surface area contributed by atoms with Crippen LogP contribution in [0.5, 0.6) is 0 Å². The first kappa shape index (κ1) is 20.4. The number of halogens is 4. The Morgan fingerprint density at radius 2 is 1.88 bits per heavy atom. The molecule has 1 aromatic rings. The highest BCUT2D eigenvalue weighted by molar-refractivity contribution is 5.89. The number of benzene rings is 1. The van der Waals surface area contributed by atoms with Gasteiger partial charge < -0.3 is 15.4 Å². The van der Waals surface area contributed by atoms with Crippen molar-refractivity contribution in [2.75, 3.05) is 44.7 Å². The highest BCUT2D eigenvalue weighted by Gasteiger charge is 2.35. The van der Waals surface area contributed by atoms with Crippen LogP contribution in [0, 0.1) is 5.82 Å². The Hall–Kier alpha value is -1.87. The number of hydrogen-bond donors (Lipinski definition) is 2. The number of carbonyl (C=O) groups is 1. The molecule has 5 nitrogen and oxygen atoms in total. The number of amides is 2. The van der Waals surface area contributed by atoms with Gasteiger partial charge in [0, 0.05) is 19.6 Å².